The van der Waals surface area contributed by atoms with Gasteiger partial charge in [-0.2, -0.15) is 0 Å². The molecule has 1 aromatic carbocycles. The highest BCUT2D eigenvalue weighted by molar-refractivity contribution is 5.36. The third-order valence-corrected chi connectivity index (χ3v) is 2.63. The maximum Gasteiger partial charge on any atom is 0.573 e. The first-order valence-electron chi connectivity index (χ1n) is 5.07. The molecule has 1 saturated carbocycles. The van der Waals surface area contributed by atoms with E-state index in [0.29, 0.717) is 5.56 Å². The van der Waals surface area contributed by atoms with Crippen molar-refractivity contribution in [1.29, 1.82) is 0 Å². The van der Waals surface area contributed by atoms with Gasteiger partial charge in [-0.05, 0) is 24.8 Å². The van der Waals surface area contributed by atoms with Crippen molar-refractivity contribution in [3.63, 3.8) is 0 Å². The number of rotatable bonds is 3. The van der Waals surface area contributed by atoms with E-state index in [-0.39, 0.29) is 17.7 Å². The van der Waals surface area contributed by atoms with E-state index < -0.39 is 6.36 Å². The largest absolute Gasteiger partial charge is 0.573 e. The molecule has 1 unspecified atom stereocenters. The third kappa shape index (κ3) is 2.66. The molecular weight excluding hydrogens is 219 g/mol. The van der Waals surface area contributed by atoms with Crippen molar-refractivity contribution >= 4 is 0 Å². The fourth-order valence-electron chi connectivity index (χ4n) is 1.68. The molecule has 16 heavy (non-hydrogen) atoms. The number of halogens is 3. The lowest BCUT2D eigenvalue weighted by molar-refractivity contribution is -0.275. The lowest BCUT2D eigenvalue weighted by Crippen LogP contribution is -2.20. The molecule has 0 aliphatic heterocycles. The molecule has 1 aromatic rings. The second-order valence-electron chi connectivity index (χ2n) is 3.95. The number of ether oxygens (including phenoxy) is 1. The first-order valence-corrected chi connectivity index (χ1v) is 5.07. The Balaban J connectivity index is 2.22. The lowest BCUT2D eigenvalue weighted by atomic mass is 10.0. The minimum absolute atomic E-state index is 0.186. The van der Waals surface area contributed by atoms with E-state index in [1.54, 1.807) is 12.1 Å². The highest BCUT2D eigenvalue weighted by Gasteiger charge is 2.35. The number of hydrogen-bond acceptors (Lipinski definition) is 2. The molecule has 88 valence electrons. The van der Waals surface area contributed by atoms with Gasteiger partial charge in [-0.3, -0.25) is 0 Å². The predicted octanol–water partition coefficient (Wildman–Crippen LogP) is 3.00. The Bertz CT molecular complexity index is 374. The topological polar surface area (TPSA) is 35.2 Å². The molecule has 1 aliphatic carbocycles. The molecule has 0 amide bonds. The molecule has 1 atom stereocenters. The summed E-state index contributed by atoms with van der Waals surface area (Å²) in [6.07, 6.45) is -2.72. The van der Waals surface area contributed by atoms with Crippen molar-refractivity contribution in [2.45, 2.75) is 25.2 Å². The Morgan fingerprint density at radius 3 is 2.44 bits per heavy atom. The summed E-state index contributed by atoms with van der Waals surface area (Å²) in [6.45, 7) is 0. The molecule has 2 nitrogen and oxygen atoms in total. The third-order valence-electron chi connectivity index (χ3n) is 2.63. The van der Waals surface area contributed by atoms with E-state index >= 15 is 0 Å². The first kappa shape index (κ1) is 11.3. The summed E-state index contributed by atoms with van der Waals surface area (Å²) in [5.41, 5.74) is 6.31. The van der Waals surface area contributed by atoms with Gasteiger partial charge in [0.05, 0.1) is 0 Å². The molecule has 0 aromatic heterocycles. The highest BCUT2D eigenvalue weighted by atomic mass is 19.4. The maximum atomic E-state index is 12.1. The van der Waals surface area contributed by atoms with Crippen LogP contribution in [0.1, 0.15) is 24.4 Å². The molecule has 2 rings (SSSR count). The van der Waals surface area contributed by atoms with Crippen LogP contribution < -0.4 is 10.5 Å². The predicted molar refractivity (Wildman–Crippen MR) is 52.8 cm³/mol. The van der Waals surface area contributed by atoms with Gasteiger partial charge in [0.2, 0.25) is 0 Å². The van der Waals surface area contributed by atoms with Crippen LogP contribution in [-0.2, 0) is 0 Å². The molecule has 5 heteroatoms. The Labute approximate surface area is 91.2 Å². The van der Waals surface area contributed by atoms with Crippen LogP contribution in [-0.4, -0.2) is 6.36 Å². The van der Waals surface area contributed by atoms with Crippen molar-refractivity contribution < 1.29 is 17.9 Å². The van der Waals surface area contributed by atoms with Gasteiger partial charge in [0.1, 0.15) is 5.75 Å². The molecule has 0 heterocycles. The molecule has 2 N–H and O–H groups in total. The van der Waals surface area contributed by atoms with Gasteiger partial charge in [0.15, 0.2) is 0 Å². The van der Waals surface area contributed by atoms with E-state index in [2.05, 4.69) is 4.74 Å². The average molecular weight is 231 g/mol. The number of alkyl halides is 3. The average Bonchev–Trinajstić information content (AvgIpc) is 2.98. The molecule has 0 spiro atoms. The zero-order chi connectivity index (χ0) is 11.8. The van der Waals surface area contributed by atoms with E-state index in [4.69, 9.17) is 5.73 Å². The van der Waals surface area contributed by atoms with Crippen molar-refractivity contribution in [3.8, 4) is 5.75 Å². The summed E-state index contributed by atoms with van der Waals surface area (Å²) < 4.78 is 40.4. The summed E-state index contributed by atoms with van der Waals surface area (Å²) in [6, 6.07) is 5.69. The van der Waals surface area contributed by atoms with Crippen molar-refractivity contribution in [1.82, 2.24) is 0 Å². The summed E-state index contributed by atoms with van der Waals surface area (Å²) >= 11 is 0. The van der Waals surface area contributed by atoms with E-state index in [9.17, 15) is 13.2 Å². The molecule has 0 bridgehead atoms. The zero-order valence-corrected chi connectivity index (χ0v) is 8.50. The van der Waals surface area contributed by atoms with Gasteiger partial charge in [-0.25, -0.2) is 0 Å². The Kier molecular flexibility index (Phi) is 2.80. The van der Waals surface area contributed by atoms with Crippen LogP contribution in [0.15, 0.2) is 24.3 Å². The van der Waals surface area contributed by atoms with Crippen LogP contribution >= 0.6 is 0 Å². The molecule has 1 aliphatic rings. The van der Waals surface area contributed by atoms with Gasteiger partial charge in [0, 0.05) is 11.6 Å². The number of nitrogens with two attached hydrogens (primary N) is 1. The number of para-hydroxylation sites is 1. The van der Waals surface area contributed by atoms with Crippen LogP contribution in [0.25, 0.3) is 0 Å². The van der Waals surface area contributed by atoms with Gasteiger partial charge in [0.25, 0.3) is 0 Å². The van der Waals surface area contributed by atoms with Crippen LogP contribution in [0.2, 0.25) is 0 Å². The van der Waals surface area contributed by atoms with Crippen LogP contribution in [0.5, 0.6) is 5.75 Å². The Hall–Kier alpha value is -1.23. The lowest BCUT2D eigenvalue weighted by Gasteiger charge is -2.17. The molecule has 0 radical (unpaired) electrons. The summed E-state index contributed by atoms with van der Waals surface area (Å²) in [7, 11) is 0. The Morgan fingerprint density at radius 1 is 1.25 bits per heavy atom. The highest BCUT2D eigenvalue weighted by Crippen LogP contribution is 2.42. The molecular formula is C11H12F3NO. The zero-order valence-electron chi connectivity index (χ0n) is 8.50. The van der Waals surface area contributed by atoms with Crippen molar-refractivity contribution in [3.05, 3.63) is 29.8 Å². The quantitative estimate of drug-likeness (QED) is 0.867. The van der Waals surface area contributed by atoms with Gasteiger partial charge < -0.3 is 10.5 Å². The first-order chi connectivity index (χ1) is 7.47. The monoisotopic (exact) mass is 231 g/mol. The number of hydrogen-bond donors (Lipinski definition) is 1. The van der Waals surface area contributed by atoms with E-state index in [0.717, 1.165) is 12.8 Å². The smallest absolute Gasteiger partial charge is 0.405 e. The van der Waals surface area contributed by atoms with Crippen molar-refractivity contribution in [2.75, 3.05) is 0 Å². The van der Waals surface area contributed by atoms with Crippen LogP contribution in [0.3, 0.4) is 0 Å². The second kappa shape index (κ2) is 3.97. The van der Waals surface area contributed by atoms with E-state index in [1.807, 2.05) is 0 Å². The SMILES string of the molecule is NC(c1ccccc1OC(F)(F)F)C1CC1. The van der Waals surface area contributed by atoms with Crippen molar-refractivity contribution in [2.24, 2.45) is 11.7 Å². The standard InChI is InChI=1S/C11H12F3NO/c12-11(13,14)16-9-4-2-1-3-8(9)10(15)7-5-6-7/h1-4,7,10H,5-6,15H2. The van der Waals surface area contributed by atoms with Crippen LogP contribution in [0.4, 0.5) is 13.2 Å². The normalized spacial score (nSPS) is 18.2. The number of benzene rings is 1. The Morgan fingerprint density at radius 2 is 1.88 bits per heavy atom. The fraction of sp³-hybridized carbons (Fsp3) is 0.455. The maximum absolute atomic E-state index is 12.1. The second-order valence-corrected chi connectivity index (χ2v) is 3.95. The summed E-state index contributed by atoms with van der Waals surface area (Å²) in [5.74, 6) is 0.104. The minimum Gasteiger partial charge on any atom is -0.405 e. The molecule has 0 saturated heterocycles. The minimum atomic E-state index is -4.67. The van der Waals surface area contributed by atoms with Gasteiger partial charge >= 0.3 is 6.36 Å². The fourth-order valence-corrected chi connectivity index (χ4v) is 1.68. The van der Waals surface area contributed by atoms with Gasteiger partial charge in [-0.1, -0.05) is 18.2 Å². The van der Waals surface area contributed by atoms with E-state index in [1.165, 1.54) is 12.1 Å². The molecule has 1 fully saturated rings. The summed E-state index contributed by atoms with van der Waals surface area (Å²) in [4.78, 5) is 0. The van der Waals surface area contributed by atoms with Crippen LogP contribution in [0, 0.1) is 5.92 Å². The van der Waals surface area contributed by atoms with Gasteiger partial charge in [-0.15, -0.1) is 13.2 Å². The summed E-state index contributed by atoms with van der Waals surface area (Å²) in [5, 5.41) is 0.